The lowest BCUT2D eigenvalue weighted by molar-refractivity contribution is -0.121. The number of hydrogen-bond acceptors (Lipinski definition) is 5. The van der Waals surface area contributed by atoms with E-state index >= 15 is 0 Å². The molecule has 0 saturated heterocycles. The van der Waals surface area contributed by atoms with Gasteiger partial charge in [-0.2, -0.15) is 10.2 Å². The van der Waals surface area contributed by atoms with Gasteiger partial charge in [0, 0.05) is 38.2 Å². The third kappa shape index (κ3) is 4.18. The molecule has 10 nitrogen and oxygen atoms in total. The highest BCUT2D eigenvalue weighted by Crippen LogP contribution is 2.05. The lowest BCUT2D eigenvalue weighted by atomic mass is 10.2. The Balaban J connectivity index is 1.78. The molecule has 0 aliphatic carbocycles. The summed E-state index contributed by atoms with van der Waals surface area (Å²) in [6, 6.07) is 1.79. The summed E-state index contributed by atoms with van der Waals surface area (Å²) >= 11 is 0. The van der Waals surface area contributed by atoms with Crippen LogP contribution >= 0.6 is 0 Å². The summed E-state index contributed by atoms with van der Waals surface area (Å²) in [5.74, 6) is -2.07. The average Bonchev–Trinajstić information content (AvgIpc) is 3.10. The quantitative estimate of drug-likeness (QED) is 0.566. The first kappa shape index (κ1) is 17.2. The molecule has 128 valence electrons. The van der Waals surface area contributed by atoms with Gasteiger partial charge in [0.1, 0.15) is 12.1 Å². The van der Waals surface area contributed by atoms with E-state index in [0.29, 0.717) is 0 Å². The molecule has 24 heavy (non-hydrogen) atoms. The molecule has 0 atom stereocenters. The van der Waals surface area contributed by atoms with Crippen LogP contribution in [0.25, 0.3) is 0 Å². The average molecular weight is 334 g/mol. The normalized spacial score (nSPS) is 10.4. The summed E-state index contributed by atoms with van der Waals surface area (Å²) in [5.41, 5.74) is 0.534. The van der Waals surface area contributed by atoms with Crippen molar-refractivity contribution < 1.29 is 19.5 Å². The van der Waals surface area contributed by atoms with Crippen molar-refractivity contribution in [2.75, 3.05) is 13.1 Å². The third-order valence-corrected chi connectivity index (χ3v) is 3.23. The number of nitrogens with one attached hydrogen (secondary N) is 2. The maximum atomic E-state index is 12.0. The van der Waals surface area contributed by atoms with Gasteiger partial charge < -0.3 is 15.7 Å². The van der Waals surface area contributed by atoms with Crippen molar-refractivity contribution >= 4 is 17.8 Å². The van der Waals surface area contributed by atoms with Crippen LogP contribution in [0.5, 0.6) is 0 Å². The van der Waals surface area contributed by atoms with Crippen LogP contribution in [-0.4, -0.2) is 55.5 Å². The fourth-order valence-electron chi connectivity index (χ4n) is 2.03. The third-order valence-electron chi connectivity index (χ3n) is 3.23. The molecule has 0 fully saturated rings. The van der Waals surface area contributed by atoms with E-state index in [4.69, 9.17) is 5.11 Å². The van der Waals surface area contributed by atoms with E-state index in [1.165, 1.54) is 17.9 Å². The Kier molecular flexibility index (Phi) is 5.30. The summed E-state index contributed by atoms with van der Waals surface area (Å²) < 4.78 is 2.81. The fraction of sp³-hybridized carbons (Fsp3) is 0.357. The first-order valence-corrected chi connectivity index (χ1v) is 7.18. The molecule has 0 aromatic carbocycles. The molecular formula is C14H18N6O4. The molecule has 0 saturated carbocycles. The molecule has 0 bridgehead atoms. The second-order valence-electron chi connectivity index (χ2n) is 5.11. The summed E-state index contributed by atoms with van der Waals surface area (Å²) in [5, 5.41) is 22.0. The largest absolute Gasteiger partial charge is 0.478 e. The standard InChI is InChI=1S/C14H18N6O4/c1-9-3-4-17-20(9)8-11(21)15-5-6-16-13(22)12-10(14(23)24)7-19(2)18-12/h3-4,7H,5-6,8H2,1-2H3,(H,15,21)(H,16,22)(H,23,24). The van der Waals surface area contributed by atoms with E-state index in [9.17, 15) is 14.4 Å². The predicted octanol–water partition coefficient (Wildman–Crippen LogP) is -0.831. The zero-order valence-corrected chi connectivity index (χ0v) is 13.3. The Morgan fingerprint density at radius 3 is 2.58 bits per heavy atom. The number of aromatic nitrogens is 4. The summed E-state index contributed by atoms with van der Waals surface area (Å²) in [6.07, 6.45) is 2.86. The van der Waals surface area contributed by atoms with Crippen LogP contribution in [-0.2, 0) is 18.4 Å². The van der Waals surface area contributed by atoms with Crippen molar-refractivity contribution in [2.45, 2.75) is 13.5 Å². The number of aryl methyl sites for hydroxylation is 2. The van der Waals surface area contributed by atoms with Crippen LogP contribution in [0.1, 0.15) is 26.5 Å². The van der Waals surface area contributed by atoms with E-state index in [0.717, 1.165) is 5.69 Å². The topological polar surface area (TPSA) is 131 Å². The van der Waals surface area contributed by atoms with Gasteiger partial charge in [-0.1, -0.05) is 0 Å². The van der Waals surface area contributed by atoms with Crippen LogP contribution < -0.4 is 10.6 Å². The minimum Gasteiger partial charge on any atom is -0.478 e. The molecular weight excluding hydrogens is 316 g/mol. The van der Waals surface area contributed by atoms with Gasteiger partial charge in [0.05, 0.1) is 0 Å². The van der Waals surface area contributed by atoms with E-state index in [-0.39, 0.29) is 36.8 Å². The monoisotopic (exact) mass is 334 g/mol. The van der Waals surface area contributed by atoms with Crippen LogP contribution in [0.2, 0.25) is 0 Å². The lowest BCUT2D eigenvalue weighted by Crippen LogP contribution is -2.36. The Hall–Kier alpha value is -3.17. The van der Waals surface area contributed by atoms with Gasteiger partial charge in [-0.05, 0) is 13.0 Å². The zero-order valence-electron chi connectivity index (χ0n) is 13.3. The van der Waals surface area contributed by atoms with Crippen LogP contribution in [0.4, 0.5) is 0 Å². The molecule has 2 amide bonds. The van der Waals surface area contributed by atoms with Gasteiger partial charge in [-0.25, -0.2) is 4.79 Å². The number of carboxylic acid groups (broad SMARTS) is 1. The Bertz CT molecular complexity index is 763. The molecule has 0 aliphatic heterocycles. The van der Waals surface area contributed by atoms with Gasteiger partial charge in [-0.15, -0.1) is 0 Å². The molecule has 0 spiro atoms. The molecule has 0 aliphatic rings. The number of carbonyl (C=O) groups is 3. The van der Waals surface area contributed by atoms with Gasteiger partial charge in [0.25, 0.3) is 5.91 Å². The highest BCUT2D eigenvalue weighted by atomic mass is 16.4. The number of aromatic carboxylic acids is 1. The number of carbonyl (C=O) groups excluding carboxylic acids is 2. The van der Waals surface area contributed by atoms with Crippen molar-refractivity contribution in [1.82, 2.24) is 30.2 Å². The maximum absolute atomic E-state index is 12.0. The van der Waals surface area contributed by atoms with Crippen LogP contribution in [0, 0.1) is 6.92 Å². The number of nitrogens with zero attached hydrogens (tertiary/aromatic N) is 4. The molecule has 0 unspecified atom stereocenters. The van der Waals surface area contributed by atoms with Crippen molar-refractivity contribution in [2.24, 2.45) is 7.05 Å². The minimum atomic E-state index is -1.23. The smallest absolute Gasteiger partial charge is 0.339 e. The van der Waals surface area contributed by atoms with E-state index < -0.39 is 11.9 Å². The molecule has 2 aromatic heterocycles. The summed E-state index contributed by atoms with van der Waals surface area (Å²) in [6.45, 7) is 2.29. The van der Waals surface area contributed by atoms with Gasteiger partial charge in [0.2, 0.25) is 5.91 Å². The van der Waals surface area contributed by atoms with E-state index in [2.05, 4.69) is 20.8 Å². The molecule has 3 N–H and O–H groups in total. The highest BCUT2D eigenvalue weighted by Gasteiger charge is 2.20. The molecule has 0 radical (unpaired) electrons. The number of rotatable bonds is 7. The predicted molar refractivity (Wildman–Crippen MR) is 82.5 cm³/mol. The molecule has 2 heterocycles. The number of hydrogen-bond donors (Lipinski definition) is 3. The molecule has 10 heteroatoms. The zero-order chi connectivity index (χ0) is 17.7. The number of carboxylic acids is 1. The fourth-order valence-corrected chi connectivity index (χ4v) is 2.03. The first-order chi connectivity index (χ1) is 11.4. The Morgan fingerprint density at radius 2 is 1.96 bits per heavy atom. The Morgan fingerprint density at radius 1 is 1.25 bits per heavy atom. The maximum Gasteiger partial charge on any atom is 0.339 e. The van der Waals surface area contributed by atoms with Crippen molar-refractivity contribution in [1.29, 1.82) is 0 Å². The van der Waals surface area contributed by atoms with E-state index in [1.54, 1.807) is 16.9 Å². The van der Waals surface area contributed by atoms with Crippen molar-refractivity contribution in [3.05, 3.63) is 35.4 Å². The van der Waals surface area contributed by atoms with Crippen LogP contribution in [0.3, 0.4) is 0 Å². The SMILES string of the molecule is Cc1ccnn1CC(=O)NCCNC(=O)c1nn(C)cc1C(=O)O. The number of amides is 2. The van der Waals surface area contributed by atoms with Crippen LogP contribution in [0.15, 0.2) is 18.5 Å². The molecule has 2 rings (SSSR count). The van der Waals surface area contributed by atoms with Gasteiger partial charge in [-0.3, -0.25) is 19.0 Å². The van der Waals surface area contributed by atoms with Crippen molar-refractivity contribution in [3.63, 3.8) is 0 Å². The van der Waals surface area contributed by atoms with Crippen molar-refractivity contribution in [3.8, 4) is 0 Å². The summed E-state index contributed by atoms with van der Waals surface area (Å²) in [4.78, 5) is 34.7. The Labute approximate surface area is 137 Å². The minimum absolute atomic E-state index is 0.0934. The highest BCUT2D eigenvalue weighted by molar-refractivity contribution is 6.03. The second kappa shape index (κ2) is 7.40. The van der Waals surface area contributed by atoms with E-state index in [1.807, 2.05) is 6.92 Å². The van der Waals surface area contributed by atoms with Gasteiger partial charge in [0.15, 0.2) is 5.69 Å². The summed E-state index contributed by atoms with van der Waals surface area (Å²) in [7, 11) is 1.53. The first-order valence-electron chi connectivity index (χ1n) is 7.18. The second-order valence-corrected chi connectivity index (χ2v) is 5.11. The molecule has 2 aromatic rings. The lowest BCUT2D eigenvalue weighted by Gasteiger charge is -2.07. The van der Waals surface area contributed by atoms with Gasteiger partial charge >= 0.3 is 5.97 Å².